The molecule has 3 radical (unpaired) electrons. The van der Waals surface area contributed by atoms with Gasteiger partial charge in [0, 0.05) is 23.0 Å². The summed E-state index contributed by atoms with van der Waals surface area (Å²) in [6.07, 6.45) is 0. The average Bonchev–Trinajstić information content (AvgIpc) is 1.69. The molecule has 0 rings (SSSR count). The van der Waals surface area contributed by atoms with E-state index in [4.69, 9.17) is 10.2 Å². The van der Waals surface area contributed by atoms with E-state index < -0.39 is 0 Å². The molecular weight excluding hydrogens is 125 g/mol. The van der Waals surface area contributed by atoms with Gasteiger partial charge in [0.15, 0.2) is 0 Å². The van der Waals surface area contributed by atoms with Crippen LogP contribution in [0.4, 0.5) is 0 Å². The highest BCUT2D eigenvalue weighted by atomic mass is 31.0. The summed E-state index contributed by atoms with van der Waals surface area (Å²) >= 11 is 0. The minimum absolute atomic E-state index is 0. The van der Waals surface area contributed by atoms with Crippen LogP contribution < -0.4 is 5.32 Å². The minimum Gasteiger partial charge on any atom is -0.395 e. The predicted octanol–water partition coefficient (Wildman–Crippen LogP) is -0.578. The first-order chi connectivity index (χ1) is 3.41. The van der Waals surface area contributed by atoms with E-state index in [1.807, 2.05) is 0 Å². The molecule has 0 aromatic carbocycles. The van der Waals surface area contributed by atoms with E-state index in [1.54, 1.807) is 0 Å². The molecule has 8 heavy (non-hydrogen) atoms. The van der Waals surface area contributed by atoms with Gasteiger partial charge >= 0.3 is 0 Å². The third-order valence-electron chi connectivity index (χ3n) is 0.577. The van der Waals surface area contributed by atoms with E-state index in [9.17, 15) is 0 Å². The molecule has 3 nitrogen and oxygen atoms in total. The van der Waals surface area contributed by atoms with Crippen molar-refractivity contribution < 1.29 is 10.2 Å². The maximum atomic E-state index is 8.15. The van der Waals surface area contributed by atoms with Crippen LogP contribution in [0.25, 0.3) is 0 Å². The normalized spacial score (nSPS) is 8.25. The van der Waals surface area contributed by atoms with Crippen LogP contribution in [-0.4, -0.2) is 36.5 Å². The molecule has 0 aliphatic heterocycles. The van der Waals surface area contributed by atoms with E-state index in [2.05, 4.69) is 5.32 Å². The van der Waals surface area contributed by atoms with Gasteiger partial charge in [0.2, 0.25) is 0 Å². The molecule has 49 valence electrons. The Kier molecular flexibility index (Phi) is 14.4. The van der Waals surface area contributed by atoms with Gasteiger partial charge in [-0.05, 0) is 0 Å². The molecule has 0 saturated heterocycles. The fraction of sp³-hybridized carbons (Fsp3) is 1.00. The lowest BCUT2D eigenvalue weighted by atomic mass is 10.6. The monoisotopic (exact) mass is 136 g/mol. The largest absolute Gasteiger partial charge is 0.395 e. The van der Waals surface area contributed by atoms with Crippen LogP contribution in [-0.2, 0) is 0 Å². The summed E-state index contributed by atoms with van der Waals surface area (Å²) < 4.78 is 0. The first-order valence-electron chi connectivity index (χ1n) is 2.34. The lowest BCUT2D eigenvalue weighted by Gasteiger charge is -1.94. The number of hydrogen-bond donors (Lipinski definition) is 3. The van der Waals surface area contributed by atoms with Gasteiger partial charge in [0.1, 0.15) is 0 Å². The van der Waals surface area contributed by atoms with Crippen LogP contribution in [0.15, 0.2) is 0 Å². The first kappa shape index (κ1) is 11.2. The lowest BCUT2D eigenvalue weighted by Crippen LogP contribution is -2.21. The fourth-order valence-corrected chi connectivity index (χ4v) is 0.283. The molecule has 0 aliphatic carbocycles. The van der Waals surface area contributed by atoms with Crippen molar-refractivity contribution in [3.05, 3.63) is 0 Å². The lowest BCUT2D eigenvalue weighted by molar-refractivity contribution is 0.267. The smallest absolute Gasteiger partial charge is 0.0555 e. The van der Waals surface area contributed by atoms with Crippen molar-refractivity contribution in [2.45, 2.75) is 0 Å². The number of aliphatic hydroxyl groups excluding tert-OH is 2. The van der Waals surface area contributed by atoms with Gasteiger partial charge in [-0.2, -0.15) is 0 Å². The minimum atomic E-state index is 0. The summed E-state index contributed by atoms with van der Waals surface area (Å²) in [7, 11) is 0. The number of rotatable bonds is 4. The Labute approximate surface area is 52.7 Å². The Morgan fingerprint density at radius 3 is 1.62 bits per heavy atom. The maximum absolute atomic E-state index is 8.15. The Hall–Kier alpha value is 0.310. The van der Waals surface area contributed by atoms with Crippen molar-refractivity contribution in [1.82, 2.24) is 5.32 Å². The summed E-state index contributed by atoms with van der Waals surface area (Å²) in [5.74, 6) is 0. The molecular formula is C4H11NO2P. The van der Waals surface area contributed by atoms with Crippen LogP contribution in [0, 0.1) is 0 Å². The SMILES string of the molecule is OCCNCCO.[P]. The molecule has 0 aromatic heterocycles. The second-order valence-corrected chi connectivity index (χ2v) is 1.20. The Bertz CT molecular complexity index is 33.2. The van der Waals surface area contributed by atoms with Crippen molar-refractivity contribution in [3.63, 3.8) is 0 Å². The van der Waals surface area contributed by atoms with E-state index in [0.717, 1.165) is 0 Å². The van der Waals surface area contributed by atoms with Gasteiger partial charge in [-0.15, -0.1) is 0 Å². The van der Waals surface area contributed by atoms with E-state index in [1.165, 1.54) is 0 Å². The molecule has 0 bridgehead atoms. The van der Waals surface area contributed by atoms with Crippen LogP contribution in [0.5, 0.6) is 0 Å². The third kappa shape index (κ3) is 9.58. The van der Waals surface area contributed by atoms with Gasteiger partial charge in [-0.1, -0.05) is 0 Å². The van der Waals surface area contributed by atoms with Gasteiger partial charge in [0.25, 0.3) is 0 Å². The van der Waals surface area contributed by atoms with Crippen LogP contribution in [0.2, 0.25) is 0 Å². The van der Waals surface area contributed by atoms with Crippen LogP contribution >= 0.6 is 9.90 Å². The van der Waals surface area contributed by atoms with Gasteiger partial charge in [-0.3, -0.25) is 0 Å². The van der Waals surface area contributed by atoms with Gasteiger partial charge in [0.05, 0.1) is 13.2 Å². The van der Waals surface area contributed by atoms with Crippen LogP contribution in [0.3, 0.4) is 0 Å². The Morgan fingerprint density at radius 1 is 1.00 bits per heavy atom. The second kappa shape index (κ2) is 10.3. The molecule has 4 heteroatoms. The molecule has 0 amide bonds. The molecule has 0 spiro atoms. The predicted molar refractivity (Wildman–Crippen MR) is 34.0 cm³/mol. The van der Waals surface area contributed by atoms with Crippen molar-refractivity contribution in [2.75, 3.05) is 26.3 Å². The van der Waals surface area contributed by atoms with E-state index in [-0.39, 0.29) is 23.1 Å². The summed E-state index contributed by atoms with van der Waals surface area (Å²) in [5, 5.41) is 19.1. The zero-order valence-electron chi connectivity index (χ0n) is 4.67. The van der Waals surface area contributed by atoms with Crippen molar-refractivity contribution in [3.8, 4) is 0 Å². The van der Waals surface area contributed by atoms with E-state index in [0.29, 0.717) is 13.1 Å². The number of nitrogens with one attached hydrogen (secondary N) is 1. The zero-order valence-corrected chi connectivity index (χ0v) is 5.56. The van der Waals surface area contributed by atoms with Crippen molar-refractivity contribution in [2.24, 2.45) is 0 Å². The molecule has 3 N–H and O–H groups in total. The average molecular weight is 136 g/mol. The van der Waals surface area contributed by atoms with E-state index >= 15 is 0 Å². The Balaban J connectivity index is 0. The van der Waals surface area contributed by atoms with Gasteiger partial charge < -0.3 is 15.5 Å². The molecule has 0 saturated carbocycles. The summed E-state index contributed by atoms with van der Waals surface area (Å²) in [5.41, 5.74) is 0. The fourth-order valence-electron chi connectivity index (χ4n) is 0.283. The van der Waals surface area contributed by atoms with Crippen LogP contribution in [0.1, 0.15) is 0 Å². The molecule has 0 fully saturated rings. The highest BCUT2D eigenvalue weighted by Crippen LogP contribution is 1.54. The standard InChI is InChI=1S/C4H11NO2.P/c6-3-1-5-2-4-7;/h5-7H,1-4H2;. The molecule has 0 atom stereocenters. The summed E-state index contributed by atoms with van der Waals surface area (Å²) in [6.45, 7) is 1.42. The molecule has 0 unspecified atom stereocenters. The molecule has 0 aliphatic rings. The molecule has 0 heterocycles. The van der Waals surface area contributed by atoms with Gasteiger partial charge in [-0.25, -0.2) is 0 Å². The third-order valence-corrected chi connectivity index (χ3v) is 0.577. The quantitative estimate of drug-likeness (QED) is 0.358. The topological polar surface area (TPSA) is 52.5 Å². The summed E-state index contributed by atoms with van der Waals surface area (Å²) in [4.78, 5) is 0. The zero-order chi connectivity index (χ0) is 5.54. The summed E-state index contributed by atoms with van der Waals surface area (Å²) in [6, 6.07) is 0. The highest BCUT2D eigenvalue weighted by molar-refractivity contribution is 6.92. The number of hydrogen-bond acceptors (Lipinski definition) is 3. The Morgan fingerprint density at radius 2 is 1.38 bits per heavy atom. The highest BCUT2D eigenvalue weighted by Gasteiger charge is 1.78. The maximum Gasteiger partial charge on any atom is 0.0555 e. The molecule has 0 aromatic rings. The van der Waals surface area contributed by atoms with Crippen molar-refractivity contribution in [1.29, 1.82) is 0 Å². The van der Waals surface area contributed by atoms with Crippen molar-refractivity contribution >= 4 is 9.90 Å². The first-order valence-corrected chi connectivity index (χ1v) is 2.34. The second-order valence-electron chi connectivity index (χ2n) is 1.20. The number of aliphatic hydroxyl groups is 2.